The Hall–Kier alpha value is -1.20. The standard InChI is InChI=1S/C15H23N5O2S.HI/c1-5-16-15(17-8-12-6-7-22-19-12)20(3)9-13-10-23-14(18-13)11(2)21-4;/h6-7,10-11H,5,8-9H2,1-4H3,(H,16,17);1H. The maximum Gasteiger partial charge on any atom is 0.194 e. The van der Waals surface area contributed by atoms with Crippen LogP contribution in [0.4, 0.5) is 0 Å². The predicted molar refractivity (Wildman–Crippen MR) is 106 cm³/mol. The Bertz CT molecular complexity index is 617. The Balaban J connectivity index is 0.00000288. The number of methoxy groups -OCH3 is 1. The first-order chi connectivity index (χ1) is 11.1. The van der Waals surface area contributed by atoms with Crippen LogP contribution in [0, 0.1) is 0 Å². The Morgan fingerprint density at radius 2 is 2.29 bits per heavy atom. The van der Waals surface area contributed by atoms with Crippen molar-refractivity contribution in [3.63, 3.8) is 0 Å². The van der Waals surface area contributed by atoms with Crippen LogP contribution in [-0.4, -0.2) is 41.7 Å². The average molecular weight is 465 g/mol. The summed E-state index contributed by atoms with van der Waals surface area (Å²) in [6.45, 7) is 5.99. The van der Waals surface area contributed by atoms with Gasteiger partial charge >= 0.3 is 0 Å². The lowest BCUT2D eigenvalue weighted by molar-refractivity contribution is 0.119. The fourth-order valence-electron chi connectivity index (χ4n) is 1.95. The molecule has 24 heavy (non-hydrogen) atoms. The molecule has 0 aliphatic heterocycles. The van der Waals surface area contributed by atoms with Crippen molar-refractivity contribution in [3.8, 4) is 0 Å². The van der Waals surface area contributed by atoms with Crippen LogP contribution in [0.25, 0.3) is 0 Å². The fourth-order valence-corrected chi connectivity index (χ4v) is 2.79. The topological polar surface area (TPSA) is 75.8 Å². The highest BCUT2D eigenvalue weighted by atomic mass is 127. The summed E-state index contributed by atoms with van der Waals surface area (Å²) in [5, 5.41) is 10.2. The summed E-state index contributed by atoms with van der Waals surface area (Å²) in [6, 6.07) is 1.81. The molecule has 7 nitrogen and oxygen atoms in total. The minimum Gasteiger partial charge on any atom is -0.375 e. The summed E-state index contributed by atoms with van der Waals surface area (Å²) in [4.78, 5) is 11.2. The van der Waals surface area contributed by atoms with Crippen LogP contribution in [0.1, 0.15) is 36.3 Å². The molecule has 0 saturated heterocycles. The third-order valence-corrected chi connectivity index (χ3v) is 4.30. The third kappa shape index (κ3) is 6.02. The summed E-state index contributed by atoms with van der Waals surface area (Å²) in [6.07, 6.45) is 1.57. The first kappa shape index (κ1) is 20.8. The van der Waals surface area contributed by atoms with E-state index in [1.165, 1.54) is 0 Å². The highest BCUT2D eigenvalue weighted by Crippen LogP contribution is 2.20. The number of aliphatic imine (C=N–C) groups is 1. The number of ether oxygens (including phenoxy) is 1. The highest BCUT2D eigenvalue weighted by Gasteiger charge is 2.12. The zero-order chi connectivity index (χ0) is 16.7. The molecule has 0 bridgehead atoms. The Labute approximate surface area is 163 Å². The number of hydrogen-bond acceptors (Lipinski definition) is 6. The zero-order valence-corrected chi connectivity index (χ0v) is 17.5. The van der Waals surface area contributed by atoms with Gasteiger partial charge in [-0.3, -0.25) is 0 Å². The SMILES string of the molecule is CCNC(=NCc1ccon1)N(C)Cc1csc(C(C)OC)n1.I. The molecular weight excluding hydrogens is 441 g/mol. The van der Waals surface area contributed by atoms with Crippen molar-refractivity contribution < 1.29 is 9.26 Å². The second-order valence-corrected chi connectivity index (χ2v) is 5.96. The zero-order valence-electron chi connectivity index (χ0n) is 14.4. The minimum absolute atomic E-state index is 0. The smallest absolute Gasteiger partial charge is 0.194 e. The van der Waals surface area contributed by atoms with Crippen molar-refractivity contribution >= 4 is 41.3 Å². The molecule has 0 radical (unpaired) electrons. The van der Waals surface area contributed by atoms with Gasteiger partial charge in [-0.15, -0.1) is 35.3 Å². The molecule has 1 unspecified atom stereocenters. The number of aromatic nitrogens is 2. The van der Waals surface area contributed by atoms with Gasteiger partial charge in [0, 0.05) is 32.1 Å². The summed E-state index contributed by atoms with van der Waals surface area (Å²) in [5.41, 5.74) is 1.81. The quantitative estimate of drug-likeness (QED) is 0.385. The molecule has 0 spiro atoms. The van der Waals surface area contributed by atoms with Crippen molar-refractivity contribution in [1.82, 2.24) is 20.4 Å². The van der Waals surface area contributed by atoms with Gasteiger partial charge < -0.3 is 19.5 Å². The largest absolute Gasteiger partial charge is 0.375 e. The van der Waals surface area contributed by atoms with Crippen LogP contribution in [0.3, 0.4) is 0 Å². The van der Waals surface area contributed by atoms with Crippen LogP contribution in [-0.2, 0) is 17.8 Å². The van der Waals surface area contributed by atoms with Crippen LogP contribution in [0.15, 0.2) is 27.2 Å². The molecule has 1 N–H and O–H groups in total. The second kappa shape index (κ2) is 10.6. The molecule has 134 valence electrons. The van der Waals surface area contributed by atoms with Gasteiger partial charge in [-0.25, -0.2) is 9.98 Å². The van der Waals surface area contributed by atoms with Crippen LogP contribution in [0.5, 0.6) is 0 Å². The molecule has 0 aliphatic rings. The van der Waals surface area contributed by atoms with Crippen molar-refractivity contribution in [2.75, 3.05) is 20.7 Å². The van der Waals surface area contributed by atoms with E-state index >= 15 is 0 Å². The lowest BCUT2D eigenvalue weighted by Gasteiger charge is -2.21. The van der Waals surface area contributed by atoms with Gasteiger partial charge in [-0.1, -0.05) is 5.16 Å². The number of nitrogens with zero attached hydrogens (tertiary/aromatic N) is 4. The number of thiazole rings is 1. The molecule has 2 heterocycles. The normalized spacial score (nSPS) is 12.6. The van der Waals surface area contributed by atoms with E-state index in [4.69, 9.17) is 9.26 Å². The summed E-state index contributed by atoms with van der Waals surface area (Å²) in [7, 11) is 3.68. The first-order valence-corrected chi connectivity index (χ1v) is 8.37. The van der Waals surface area contributed by atoms with Crippen molar-refractivity contribution in [3.05, 3.63) is 34.1 Å². The molecule has 0 aromatic carbocycles. The van der Waals surface area contributed by atoms with E-state index < -0.39 is 0 Å². The van der Waals surface area contributed by atoms with E-state index in [-0.39, 0.29) is 30.1 Å². The van der Waals surface area contributed by atoms with Crippen molar-refractivity contribution in [2.24, 2.45) is 4.99 Å². The monoisotopic (exact) mass is 465 g/mol. The molecule has 2 aromatic heterocycles. The van der Waals surface area contributed by atoms with E-state index in [0.29, 0.717) is 13.1 Å². The number of hydrogen-bond donors (Lipinski definition) is 1. The summed E-state index contributed by atoms with van der Waals surface area (Å²) >= 11 is 1.62. The summed E-state index contributed by atoms with van der Waals surface area (Å²) in [5.74, 6) is 0.810. The van der Waals surface area contributed by atoms with Gasteiger partial charge in [-0.2, -0.15) is 0 Å². The maximum absolute atomic E-state index is 5.30. The predicted octanol–water partition coefficient (Wildman–Crippen LogP) is 3.05. The van der Waals surface area contributed by atoms with E-state index in [9.17, 15) is 0 Å². The van der Waals surface area contributed by atoms with Crippen molar-refractivity contribution in [1.29, 1.82) is 0 Å². The lowest BCUT2D eigenvalue weighted by Crippen LogP contribution is -2.38. The lowest BCUT2D eigenvalue weighted by atomic mass is 10.4. The van der Waals surface area contributed by atoms with Gasteiger partial charge in [0.25, 0.3) is 0 Å². The van der Waals surface area contributed by atoms with Crippen LogP contribution < -0.4 is 5.32 Å². The average Bonchev–Trinajstić information content (AvgIpc) is 3.22. The highest BCUT2D eigenvalue weighted by molar-refractivity contribution is 14.0. The Morgan fingerprint density at radius 1 is 1.50 bits per heavy atom. The van der Waals surface area contributed by atoms with Gasteiger partial charge in [0.1, 0.15) is 23.1 Å². The Kier molecular flexibility index (Phi) is 9.22. The second-order valence-electron chi connectivity index (χ2n) is 5.07. The summed E-state index contributed by atoms with van der Waals surface area (Å²) < 4.78 is 10.1. The maximum atomic E-state index is 5.30. The van der Waals surface area contributed by atoms with Gasteiger partial charge in [0.05, 0.1) is 18.8 Å². The fraction of sp³-hybridized carbons (Fsp3) is 0.533. The van der Waals surface area contributed by atoms with Crippen LogP contribution >= 0.6 is 35.3 Å². The van der Waals surface area contributed by atoms with Gasteiger partial charge in [0.15, 0.2) is 5.96 Å². The van der Waals surface area contributed by atoms with Gasteiger partial charge in [0.2, 0.25) is 0 Å². The first-order valence-electron chi connectivity index (χ1n) is 7.49. The number of halogens is 1. The Morgan fingerprint density at radius 3 is 2.92 bits per heavy atom. The molecule has 2 aromatic rings. The van der Waals surface area contributed by atoms with E-state index in [1.54, 1.807) is 24.7 Å². The number of nitrogens with one attached hydrogen (secondary N) is 1. The van der Waals surface area contributed by atoms with E-state index in [0.717, 1.165) is 28.9 Å². The van der Waals surface area contributed by atoms with E-state index in [1.807, 2.05) is 31.9 Å². The molecule has 9 heteroatoms. The van der Waals surface area contributed by atoms with E-state index in [2.05, 4.69) is 25.8 Å². The molecule has 2 rings (SSSR count). The molecular formula is C15H24IN5O2S. The molecule has 0 aliphatic carbocycles. The molecule has 0 fully saturated rings. The minimum atomic E-state index is 0. The molecule has 1 atom stereocenters. The number of rotatable bonds is 7. The van der Waals surface area contributed by atoms with Gasteiger partial charge in [-0.05, 0) is 13.8 Å². The van der Waals surface area contributed by atoms with Crippen LogP contribution in [0.2, 0.25) is 0 Å². The number of guanidine groups is 1. The third-order valence-electron chi connectivity index (χ3n) is 3.25. The van der Waals surface area contributed by atoms with Crippen molar-refractivity contribution in [2.45, 2.75) is 33.0 Å². The molecule has 0 amide bonds. The molecule has 0 saturated carbocycles.